The van der Waals surface area contributed by atoms with Crippen LogP contribution in [0.4, 0.5) is 4.39 Å². The van der Waals surface area contributed by atoms with Crippen LogP contribution in [-0.4, -0.2) is 18.4 Å². The van der Waals surface area contributed by atoms with Crippen LogP contribution < -0.4 is 10.6 Å². The van der Waals surface area contributed by atoms with Crippen molar-refractivity contribution in [2.45, 2.75) is 24.3 Å². The van der Waals surface area contributed by atoms with Gasteiger partial charge in [-0.25, -0.2) is 4.39 Å². The van der Waals surface area contributed by atoms with Gasteiger partial charge in [0.2, 0.25) is 5.91 Å². The number of fused-ring (bicyclic) bond motifs is 5. The van der Waals surface area contributed by atoms with E-state index < -0.39 is 11.4 Å². The molecule has 0 radical (unpaired) electrons. The number of imide groups is 1. The molecular formula is C19H15FN2O2. The zero-order valence-corrected chi connectivity index (χ0v) is 12.9. The molecule has 1 saturated heterocycles. The Kier molecular flexibility index (Phi) is 2.61. The van der Waals surface area contributed by atoms with Crippen molar-refractivity contribution in [1.29, 1.82) is 0 Å². The van der Waals surface area contributed by atoms with E-state index in [2.05, 4.69) is 10.6 Å². The SMILES string of the molecule is O=C1CNC2(C(=O)N1)c1ccccc1-c1cc(F)c(C3CC3)cc12. The van der Waals surface area contributed by atoms with Crippen molar-refractivity contribution in [3.05, 3.63) is 58.9 Å². The van der Waals surface area contributed by atoms with Crippen molar-refractivity contribution in [3.8, 4) is 11.1 Å². The van der Waals surface area contributed by atoms with E-state index in [9.17, 15) is 14.0 Å². The van der Waals surface area contributed by atoms with Crippen LogP contribution in [0.15, 0.2) is 36.4 Å². The molecular weight excluding hydrogens is 307 g/mol. The number of amides is 2. The fourth-order valence-corrected chi connectivity index (χ4v) is 4.01. The van der Waals surface area contributed by atoms with Crippen LogP contribution in [0.2, 0.25) is 0 Å². The van der Waals surface area contributed by atoms with Gasteiger partial charge in [-0.2, -0.15) is 0 Å². The maximum absolute atomic E-state index is 14.6. The number of piperazine rings is 1. The third-order valence-electron chi connectivity index (χ3n) is 5.29. The lowest BCUT2D eigenvalue weighted by molar-refractivity contribution is -0.136. The minimum absolute atomic E-state index is 0.0512. The highest BCUT2D eigenvalue weighted by Crippen LogP contribution is 2.51. The summed E-state index contributed by atoms with van der Waals surface area (Å²) in [5.74, 6) is -0.709. The summed E-state index contributed by atoms with van der Waals surface area (Å²) < 4.78 is 14.6. The van der Waals surface area contributed by atoms with Crippen LogP contribution in [0, 0.1) is 5.82 Å². The van der Waals surface area contributed by atoms with Crippen LogP contribution in [0.25, 0.3) is 11.1 Å². The summed E-state index contributed by atoms with van der Waals surface area (Å²) in [6, 6.07) is 10.9. The summed E-state index contributed by atoms with van der Waals surface area (Å²) in [7, 11) is 0. The molecule has 24 heavy (non-hydrogen) atoms. The molecule has 1 spiro atoms. The fourth-order valence-electron chi connectivity index (χ4n) is 4.01. The predicted molar refractivity (Wildman–Crippen MR) is 85.7 cm³/mol. The Labute approximate surface area is 138 Å². The Morgan fingerprint density at radius 2 is 1.83 bits per heavy atom. The monoisotopic (exact) mass is 322 g/mol. The quantitative estimate of drug-likeness (QED) is 0.791. The summed E-state index contributed by atoms with van der Waals surface area (Å²) in [5.41, 5.74) is 2.65. The molecule has 1 heterocycles. The number of hydrogen-bond acceptors (Lipinski definition) is 3. The van der Waals surface area contributed by atoms with Gasteiger partial charge >= 0.3 is 0 Å². The van der Waals surface area contributed by atoms with E-state index >= 15 is 0 Å². The van der Waals surface area contributed by atoms with Gasteiger partial charge in [0.25, 0.3) is 5.91 Å². The average molecular weight is 322 g/mol. The number of carbonyl (C=O) groups excluding carboxylic acids is 2. The van der Waals surface area contributed by atoms with E-state index in [1.807, 2.05) is 30.3 Å². The maximum atomic E-state index is 14.6. The minimum Gasteiger partial charge on any atom is -0.293 e. The van der Waals surface area contributed by atoms with Crippen LogP contribution >= 0.6 is 0 Å². The Morgan fingerprint density at radius 1 is 1.04 bits per heavy atom. The Balaban J connectivity index is 1.81. The number of benzene rings is 2. The number of hydrogen-bond donors (Lipinski definition) is 2. The molecule has 1 aliphatic heterocycles. The Hall–Kier alpha value is -2.53. The molecule has 1 atom stereocenters. The summed E-state index contributed by atoms with van der Waals surface area (Å²) in [5, 5.41) is 5.57. The summed E-state index contributed by atoms with van der Waals surface area (Å²) >= 11 is 0. The zero-order chi connectivity index (χ0) is 16.5. The largest absolute Gasteiger partial charge is 0.293 e. The van der Waals surface area contributed by atoms with Gasteiger partial charge in [0.05, 0.1) is 6.54 Å². The molecule has 5 rings (SSSR count). The van der Waals surface area contributed by atoms with Gasteiger partial charge in [0.1, 0.15) is 5.82 Å². The molecule has 0 bridgehead atoms. The highest BCUT2D eigenvalue weighted by Gasteiger charge is 2.52. The second-order valence-electron chi connectivity index (χ2n) is 6.72. The second kappa shape index (κ2) is 4.51. The van der Waals surface area contributed by atoms with Crippen molar-refractivity contribution in [1.82, 2.24) is 10.6 Å². The van der Waals surface area contributed by atoms with Crippen LogP contribution in [0.3, 0.4) is 0 Å². The van der Waals surface area contributed by atoms with Gasteiger partial charge in [0, 0.05) is 0 Å². The number of halogens is 1. The number of nitrogens with one attached hydrogen (secondary N) is 2. The smallest absolute Gasteiger partial charge is 0.256 e. The van der Waals surface area contributed by atoms with Crippen molar-refractivity contribution in [2.75, 3.05) is 6.54 Å². The highest BCUT2D eigenvalue weighted by molar-refractivity contribution is 6.09. The molecule has 0 aromatic heterocycles. The van der Waals surface area contributed by atoms with E-state index in [-0.39, 0.29) is 24.2 Å². The number of carbonyl (C=O) groups is 2. The molecule has 2 aromatic carbocycles. The number of rotatable bonds is 1. The van der Waals surface area contributed by atoms with E-state index in [1.165, 1.54) is 0 Å². The van der Waals surface area contributed by atoms with Crippen LogP contribution in [0.1, 0.15) is 35.4 Å². The molecule has 2 amide bonds. The van der Waals surface area contributed by atoms with Crippen LogP contribution in [-0.2, 0) is 15.1 Å². The molecule has 120 valence electrons. The molecule has 5 heteroatoms. The maximum Gasteiger partial charge on any atom is 0.256 e. The Bertz CT molecular complexity index is 920. The van der Waals surface area contributed by atoms with E-state index in [1.54, 1.807) is 6.07 Å². The van der Waals surface area contributed by atoms with Gasteiger partial charge < -0.3 is 0 Å². The first-order chi connectivity index (χ1) is 11.6. The Morgan fingerprint density at radius 3 is 2.58 bits per heavy atom. The summed E-state index contributed by atoms with van der Waals surface area (Å²) in [6.45, 7) is 0.0512. The van der Waals surface area contributed by atoms with Gasteiger partial charge in [-0.05, 0) is 58.7 Å². The molecule has 2 N–H and O–H groups in total. The van der Waals surface area contributed by atoms with Gasteiger partial charge in [-0.15, -0.1) is 0 Å². The molecule has 4 nitrogen and oxygen atoms in total. The highest BCUT2D eigenvalue weighted by atomic mass is 19.1. The van der Waals surface area contributed by atoms with Gasteiger partial charge in [0.15, 0.2) is 5.54 Å². The predicted octanol–water partition coefficient (Wildman–Crippen LogP) is 2.17. The van der Waals surface area contributed by atoms with Crippen molar-refractivity contribution >= 4 is 11.8 Å². The van der Waals surface area contributed by atoms with Crippen molar-refractivity contribution in [3.63, 3.8) is 0 Å². The molecule has 2 aliphatic carbocycles. The molecule has 3 aliphatic rings. The lowest BCUT2D eigenvalue weighted by Gasteiger charge is -2.35. The average Bonchev–Trinajstić information content (AvgIpc) is 3.37. The van der Waals surface area contributed by atoms with Crippen molar-refractivity contribution < 1.29 is 14.0 Å². The van der Waals surface area contributed by atoms with Crippen molar-refractivity contribution in [2.24, 2.45) is 0 Å². The lowest BCUT2D eigenvalue weighted by atomic mass is 9.84. The molecule has 2 fully saturated rings. The van der Waals surface area contributed by atoms with E-state index in [4.69, 9.17) is 0 Å². The second-order valence-corrected chi connectivity index (χ2v) is 6.72. The minimum atomic E-state index is -1.11. The van der Waals surface area contributed by atoms with Gasteiger partial charge in [-0.1, -0.05) is 24.3 Å². The first kappa shape index (κ1) is 13.9. The molecule has 1 saturated carbocycles. The molecule has 1 unspecified atom stereocenters. The summed E-state index contributed by atoms with van der Waals surface area (Å²) in [6.07, 6.45) is 1.96. The standard InChI is InChI=1S/C19H15FN2O2/c20-16-8-13-11-3-1-2-4-14(11)19(18(24)22-17(23)9-21-19)15(13)7-12(16)10-5-6-10/h1-4,7-8,10,21H,5-6,9H2,(H,22,23,24). The van der Waals surface area contributed by atoms with E-state index in [0.29, 0.717) is 5.56 Å². The first-order valence-corrected chi connectivity index (χ1v) is 8.14. The zero-order valence-electron chi connectivity index (χ0n) is 12.9. The summed E-state index contributed by atoms with van der Waals surface area (Å²) in [4.78, 5) is 24.5. The van der Waals surface area contributed by atoms with E-state index in [0.717, 1.165) is 35.1 Å². The lowest BCUT2D eigenvalue weighted by Crippen LogP contribution is -2.62. The van der Waals surface area contributed by atoms with Crippen LogP contribution in [0.5, 0.6) is 0 Å². The third kappa shape index (κ3) is 1.65. The fraction of sp³-hybridized carbons (Fsp3) is 0.263. The third-order valence-corrected chi connectivity index (χ3v) is 5.29. The first-order valence-electron chi connectivity index (χ1n) is 8.14. The molecule has 2 aromatic rings. The topological polar surface area (TPSA) is 58.2 Å². The van der Waals surface area contributed by atoms with Gasteiger partial charge in [-0.3, -0.25) is 20.2 Å². The normalized spacial score (nSPS) is 24.7.